The number of amides is 1. The van der Waals surface area contributed by atoms with E-state index in [4.69, 9.17) is 14.8 Å². The molecule has 2 aromatic heterocycles. The average molecular weight is 569 g/mol. The lowest BCUT2D eigenvalue weighted by atomic mass is 10.1. The van der Waals surface area contributed by atoms with Crippen LogP contribution in [0.25, 0.3) is 11.2 Å². The molecule has 4 rings (SSSR count). The molecule has 222 valence electrons. The van der Waals surface area contributed by atoms with Gasteiger partial charge in [0.1, 0.15) is 5.75 Å². The van der Waals surface area contributed by atoms with Crippen molar-refractivity contribution in [3.63, 3.8) is 0 Å². The van der Waals surface area contributed by atoms with Crippen LogP contribution >= 0.6 is 0 Å². The largest absolute Gasteiger partial charge is 0.484 e. The van der Waals surface area contributed by atoms with Crippen molar-refractivity contribution < 1.29 is 19.4 Å². The van der Waals surface area contributed by atoms with Crippen LogP contribution in [0.1, 0.15) is 57.9 Å². The lowest BCUT2D eigenvalue weighted by Gasteiger charge is -2.29. The predicted octanol–water partition coefficient (Wildman–Crippen LogP) is 2.38. The van der Waals surface area contributed by atoms with Gasteiger partial charge in [-0.05, 0) is 43.4 Å². The number of benzene rings is 1. The van der Waals surface area contributed by atoms with Gasteiger partial charge in [0.2, 0.25) is 5.95 Å². The van der Waals surface area contributed by atoms with Crippen LogP contribution in [0.5, 0.6) is 5.75 Å². The molecule has 0 spiro atoms. The van der Waals surface area contributed by atoms with Gasteiger partial charge in [-0.15, -0.1) is 0 Å². The van der Waals surface area contributed by atoms with Crippen LogP contribution < -0.4 is 26.2 Å². The molecule has 3 heterocycles. The quantitative estimate of drug-likeness (QED) is 0.285. The Bertz CT molecular complexity index is 1470. The minimum absolute atomic E-state index is 0.0620. The van der Waals surface area contributed by atoms with Gasteiger partial charge >= 0.3 is 11.7 Å². The second kappa shape index (κ2) is 14.0. The maximum absolute atomic E-state index is 13.5. The zero-order valence-corrected chi connectivity index (χ0v) is 23.9. The molecular formula is C29H40N6O6. The third-order valence-corrected chi connectivity index (χ3v) is 7.28. The molecule has 12 heteroatoms. The molecule has 2 N–H and O–H groups in total. The van der Waals surface area contributed by atoms with Crippen molar-refractivity contribution in [2.45, 2.75) is 78.4 Å². The van der Waals surface area contributed by atoms with Crippen molar-refractivity contribution >= 4 is 29.0 Å². The highest BCUT2D eigenvalue weighted by molar-refractivity contribution is 5.78. The number of nitrogens with one attached hydrogen (secondary N) is 1. The summed E-state index contributed by atoms with van der Waals surface area (Å²) in [6.45, 7) is 7.14. The van der Waals surface area contributed by atoms with Crippen molar-refractivity contribution in [3.05, 3.63) is 50.7 Å². The molecule has 0 unspecified atom stereocenters. The van der Waals surface area contributed by atoms with Gasteiger partial charge in [-0.1, -0.05) is 38.8 Å². The molecule has 0 atom stereocenters. The molecule has 1 aliphatic rings. The number of fused-ring (bicyclic) bond motifs is 3. The van der Waals surface area contributed by atoms with Crippen LogP contribution in [0.2, 0.25) is 0 Å². The Labute approximate surface area is 238 Å². The Morgan fingerprint density at radius 3 is 2.39 bits per heavy atom. The van der Waals surface area contributed by atoms with Crippen LogP contribution in [-0.4, -0.2) is 61.9 Å². The highest BCUT2D eigenvalue weighted by Gasteiger charge is 2.26. The average Bonchev–Trinajstić information content (AvgIpc) is 3.35. The van der Waals surface area contributed by atoms with E-state index in [-0.39, 0.29) is 36.7 Å². The van der Waals surface area contributed by atoms with Gasteiger partial charge in [-0.3, -0.25) is 23.5 Å². The number of anilines is 1. The predicted molar refractivity (Wildman–Crippen MR) is 156 cm³/mol. The number of carboxylic acid groups (broad SMARTS) is 1. The van der Waals surface area contributed by atoms with E-state index in [1.54, 1.807) is 16.7 Å². The molecule has 0 saturated carbocycles. The van der Waals surface area contributed by atoms with Crippen LogP contribution in [0, 0.1) is 0 Å². The molecule has 1 amide bonds. The Morgan fingerprint density at radius 2 is 1.71 bits per heavy atom. The number of rotatable bonds is 15. The van der Waals surface area contributed by atoms with Crippen molar-refractivity contribution in [1.29, 1.82) is 0 Å². The zero-order valence-electron chi connectivity index (χ0n) is 23.9. The van der Waals surface area contributed by atoms with Crippen molar-refractivity contribution in [2.24, 2.45) is 0 Å². The fourth-order valence-corrected chi connectivity index (χ4v) is 5.02. The third-order valence-electron chi connectivity index (χ3n) is 7.28. The second-order valence-corrected chi connectivity index (χ2v) is 10.4. The van der Waals surface area contributed by atoms with Crippen molar-refractivity contribution in [1.82, 2.24) is 24.0 Å². The number of hydrogen-bond donors (Lipinski definition) is 2. The number of aryl methyl sites for hydroxylation is 2. The maximum Gasteiger partial charge on any atom is 0.332 e. The first-order valence-corrected chi connectivity index (χ1v) is 14.5. The summed E-state index contributed by atoms with van der Waals surface area (Å²) in [7, 11) is 0. The smallest absolute Gasteiger partial charge is 0.332 e. The van der Waals surface area contributed by atoms with Crippen molar-refractivity contribution in [3.8, 4) is 5.75 Å². The van der Waals surface area contributed by atoms with E-state index < -0.39 is 5.97 Å². The van der Waals surface area contributed by atoms with E-state index in [0.29, 0.717) is 43.1 Å². The van der Waals surface area contributed by atoms with Crippen molar-refractivity contribution in [2.75, 3.05) is 31.1 Å². The number of unbranched alkanes of at least 4 members (excludes halogenated alkanes) is 2. The fraction of sp³-hybridized carbons (Fsp3) is 0.552. The first-order valence-electron chi connectivity index (χ1n) is 14.5. The number of nitrogens with zero attached hydrogens (tertiary/aromatic N) is 5. The highest BCUT2D eigenvalue weighted by Crippen LogP contribution is 2.25. The number of carboxylic acids is 1. The molecule has 0 radical (unpaired) electrons. The van der Waals surface area contributed by atoms with Crippen LogP contribution in [0.3, 0.4) is 0 Å². The summed E-state index contributed by atoms with van der Waals surface area (Å²) in [5, 5.41) is 11.2. The number of aliphatic carboxylic acids is 1. The van der Waals surface area contributed by atoms with E-state index in [1.165, 1.54) is 4.57 Å². The lowest BCUT2D eigenvalue weighted by Crippen LogP contribution is -2.41. The molecule has 12 nitrogen and oxygen atoms in total. The van der Waals surface area contributed by atoms with Gasteiger partial charge in [-0.25, -0.2) is 4.79 Å². The number of hydrogen-bond acceptors (Lipinski definition) is 7. The van der Waals surface area contributed by atoms with Crippen LogP contribution in [-0.2, 0) is 35.6 Å². The molecule has 0 saturated heterocycles. The maximum atomic E-state index is 13.5. The molecule has 1 aromatic carbocycles. The molecule has 1 aliphatic heterocycles. The fourth-order valence-electron chi connectivity index (χ4n) is 5.02. The van der Waals surface area contributed by atoms with Gasteiger partial charge < -0.3 is 24.6 Å². The van der Waals surface area contributed by atoms with E-state index in [1.807, 2.05) is 23.6 Å². The normalized spacial score (nSPS) is 12.9. The summed E-state index contributed by atoms with van der Waals surface area (Å²) in [5.41, 5.74) is 1.56. The van der Waals surface area contributed by atoms with E-state index in [0.717, 1.165) is 56.6 Å². The van der Waals surface area contributed by atoms with E-state index >= 15 is 0 Å². The Morgan fingerprint density at radius 1 is 1.00 bits per heavy atom. The van der Waals surface area contributed by atoms with E-state index in [2.05, 4.69) is 17.1 Å². The van der Waals surface area contributed by atoms with E-state index in [9.17, 15) is 19.2 Å². The van der Waals surface area contributed by atoms with Gasteiger partial charge in [-0.2, -0.15) is 4.98 Å². The standard InChI is InChI=1S/C29H40N6O6/c1-3-5-16-34-26-25(27(39)35(29(34)40)17-6-4-2)33-18-7-15-32(28(33)31-26)19-13-21-8-10-22(11-9-21)41-20-23(36)30-14-12-24(37)38/h8-11H,3-7,12-20H2,1-2H3,(H,30,36)(H,37,38). The summed E-state index contributed by atoms with van der Waals surface area (Å²) in [6.07, 6.45) is 4.92. The summed E-state index contributed by atoms with van der Waals surface area (Å²) in [5.74, 6) is -0.0662. The SMILES string of the molecule is CCCCn1c(=O)c2c(nc3n2CCCN3CCc2ccc(OCC(=O)NCCC(=O)O)cc2)n(CCCC)c1=O. The van der Waals surface area contributed by atoms with Crippen LogP contribution in [0.4, 0.5) is 5.95 Å². The monoisotopic (exact) mass is 568 g/mol. The van der Waals surface area contributed by atoms with Gasteiger partial charge in [0, 0.05) is 39.3 Å². The molecule has 41 heavy (non-hydrogen) atoms. The summed E-state index contributed by atoms with van der Waals surface area (Å²) >= 11 is 0. The number of aromatic nitrogens is 4. The van der Waals surface area contributed by atoms with Gasteiger partial charge in [0.15, 0.2) is 17.8 Å². The number of carbonyl (C=O) groups excluding carboxylic acids is 1. The van der Waals surface area contributed by atoms with Gasteiger partial charge in [0.25, 0.3) is 11.5 Å². The molecule has 0 bridgehead atoms. The minimum atomic E-state index is -0.971. The molecular weight excluding hydrogens is 528 g/mol. The molecule has 0 aliphatic carbocycles. The zero-order chi connectivity index (χ0) is 29.4. The Balaban J connectivity index is 1.47. The number of carbonyl (C=O) groups is 2. The summed E-state index contributed by atoms with van der Waals surface area (Å²) in [4.78, 5) is 56.2. The third kappa shape index (κ3) is 7.17. The topological polar surface area (TPSA) is 141 Å². The number of ether oxygens (including phenoxy) is 1. The summed E-state index contributed by atoms with van der Waals surface area (Å²) < 4.78 is 10.6. The first kappa shape index (κ1) is 29.9. The molecule has 0 fully saturated rings. The highest BCUT2D eigenvalue weighted by atomic mass is 16.5. The Hall–Kier alpha value is -4.09. The second-order valence-electron chi connectivity index (χ2n) is 10.4. The van der Waals surface area contributed by atoms with Crippen LogP contribution in [0.15, 0.2) is 33.9 Å². The minimum Gasteiger partial charge on any atom is -0.484 e. The lowest BCUT2D eigenvalue weighted by molar-refractivity contribution is -0.137. The van der Waals surface area contributed by atoms with Gasteiger partial charge in [0.05, 0.1) is 6.42 Å². The first-order chi connectivity index (χ1) is 19.8. The molecule has 3 aromatic rings. The Kier molecular flexibility index (Phi) is 10.2. The number of imidazole rings is 1. The summed E-state index contributed by atoms with van der Waals surface area (Å²) in [6, 6.07) is 7.49.